The Morgan fingerprint density at radius 3 is 2.57 bits per heavy atom. The number of nitrogens with zero attached hydrogens (tertiary/aromatic N) is 5. The number of aromatic nitrogens is 4. The van der Waals surface area contributed by atoms with Gasteiger partial charge in [0, 0.05) is 54.2 Å². The molecule has 0 saturated heterocycles. The molecule has 262 valence electrons. The van der Waals surface area contributed by atoms with Gasteiger partial charge < -0.3 is 39.1 Å². The minimum Gasteiger partial charge on any atom is -0.494 e. The maximum atomic E-state index is 13.3. The van der Waals surface area contributed by atoms with Gasteiger partial charge in [-0.15, -0.1) is 0 Å². The number of anilines is 4. The molecule has 6 aromatic rings. The summed E-state index contributed by atoms with van der Waals surface area (Å²) in [6, 6.07) is 20.9. The summed E-state index contributed by atoms with van der Waals surface area (Å²) in [6.45, 7) is 8.63. The number of carbonyl (C=O) groups is 1. The molecule has 0 bridgehead atoms. The fraction of sp³-hybridized carbons (Fsp3) is 0.211. The molecular weight excluding hydrogens is 663 g/mol. The summed E-state index contributed by atoms with van der Waals surface area (Å²) in [5.41, 5.74) is 6.02. The normalized spacial score (nSPS) is 11.5. The first-order valence-electron chi connectivity index (χ1n) is 16.3. The summed E-state index contributed by atoms with van der Waals surface area (Å²) >= 11 is 0. The van der Waals surface area contributed by atoms with Gasteiger partial charge in [-0.25, -0.2) is 15.0 Å². The molecule has 0 radical (unpaired) electrons. The summed E-state index contributed by atoms with van der Waals surface area (Å²) in [5.74, 6) is 1.04. The molecule has 13 heteroatoms. The van der Waals surface area contributed by atoms with E-state index < -0.39 is 7.14 Å². The minimum atomic E-state index is -2.64. The van der Waals surface area contributed by atoms with Gasteiger partial charge in [0.1, 0.15) is 24.3 Å². The average Bonchev–Trinajstić information content (AvgIpc) is 3.78. The first kappa shape index (κ1) is 35.1. The number of hydrogen-bond donors (Lipinski definition) is 3. The fourth-order valence-corrected chi connectivity index (χ4v) is 6.93. The molecule has 0 fully saturated rings. The highest BCUT2D eigenvalue weighted by molar-refractivity contribution is 7.70. The third kappa shape index (κ3) is 7.72. The number of amides is 1. The number of likely N-dealkylation sites (N-methyl/N-ethyl adjacent to an activating group) is 2. The summed E-state index contributed by atoms with van der Waals surface area (Å²) in [7, 11) is 4.92. The van der Waals surface area contributed by atoms with E-state index in [9.17, 15) is 9.36 Å². The van der Waals surface area contributed by atoms with E-state index in [1.807, 2.05) is 80.6 Å². The van der Waals surface area contributed by atoms with Gasteiger partial charge in [-0.1, -0.05) is 43.0 Å². The van der Waals surface area contributed by atoms with Crippen LogP contribution in [0, 0.1) is 0 Å². The van der Waals surface area contributed by atoms with Crippen LogP contribution < -0.4 is 25.6 Å². The van der Waals surface area contributed by atoms with E-state index in [4.69, 9.17) is 19.1 Å². The van der Waals surface area contributed by atoms with Crippen molar-refractivity contribution in [3.05, 3.63) is 91.8 Å². The molecular formula is C38H41N8O4P. The van der Waals surface area contributed by atoms with E-state index in [0.29, 0.717) is 46.6 Å². The number of ether oxygens (including phenoxy) is 1. The zero-order valence-corrected chi connectivity index (χ0v) is 30.4. The number of methoxy groups -OCH3 is 1. The highest BCUT2D eigenvalue weighted by Gasteiger charge is 2.23. The lowest BCUT2D eigenvalue weighted by Gasteiger charge is -2.26. The van der Waals surface area contributed by atoms with Crippen LogP contribution in [0.3, 0.4) is 0 Å². The number of nitrogens with one attached hydrogen (secondary N) is 3. The third-order valence-electron chi connectivity index (χ3n) is 8.39. The minimum absolute atomic E-state index is 0.288. The van der Waals surface area contributed by atoms with Crippen LogP contribution in [0.5, 0.6) is 5.75 Å². The molecule has 0 aliphatic heterocycles. The number of H-pyrrole nitrogens is 1. The number of benzene rings is 3. The smallest absolute Gasteiger partial charge is 0.247 e. The van der Waals surface area contributed by atoms with E-state index in [2.05, 4.69) is 32.1 Å². The van der Waals surface area contributed by atoms with Gasteiger partial charge in [0.05, 0.1) is 47.5 Å². The van der Waals surface area contributed by atoms with Crippen LogP contribution in [0.1, 0.15) is 0 Å². The first-order chi connectivity index (χ1) is 24.4. The number of hydrogen-bond acceptors (Lipinski definition) is 10. The van der Waals surface area contributed by atoms with E-state index in [1.54, 1.807) is 45.0 Å². The Kier molecular flexibility index (Phi) is 10.1. The Hall–Kier alpha value is -5.71. The number of furan rings is 1. The fourth-order valence-electron chi connectivity index (χ4n) is 5.72. The highest BCUT2D eigenvalue weighted by atomic mass is 31.2. The summed E-state index contributed by atoms with van der Waals surface area (Å²) in [5, 5.41) is 7.92. The molecule has 3 aromatic carbocycles. The number of imidazole rings is 1. The molecule has 6 rings (SSSR count). The maximum absolute atomic E-state index is 13.3. The third-order valence-corrected chi connectivity index (χ3v) is 9.94. The molecule has 0 aliphatic carbocycles. The summed E-state index contributed by atoms with van der Waals surface area (Å²) in [4.78, 5) is 34.6. The van der Waals surface area contributed by atoms with Crippen molar-refractivity contribution in [3.63, 3.8) is 0 Å². The van der Waals surface area contributed by atoms with Crippen molar-refractivity contribution in [2.24, 2.45) is 0 Å². The molecule has 0 aliphatic rings. The molecule has 51 heavy (non-hydrogen) atoms. The molecule has 12 nitrogen and oxygen atoms in total. The van der Waals surface area contributed by atoms with Crippen LogP contribution in [0.25, 0.3) is 45.0 Å². The molecule has 0 atom stereocenters. The van der Waals surface area contributed by atoms with E-state index in [-0.39, 0.29) is 11.9 Å². The van der Waals surface area contributed by atoms with Crippen LogP contribution in [0.15, 0.2) is 96.3 Å². The largest absolute Gasteiger partial charge is 0.494 e. The van der Waals surface area contributed by atoms with E-state index in [1.165, 1.54) is 6.08 Å². The van der Waals surface area contributed by atoms with Crippen LogP contribution in [-0.2, 0) is 9.36 Å². The molecule has 3 N–H and O–H groups in total. The van der Waals surface area contributed by atoms with E-state index >= 15 is 0 Å². The van der Waals surface area contributed by atoms with Crippen molar-refractivity contribution in [2.75, 3.05) is 70.2 Å². The Balaban J connectivity index is 1.44. The highest BCUT2D eigenvalue weighted by Crippen LogP contribution is 2.41. The molecule has 1 amide bonds. The van der Waals surface area contributed by atoms with Crippen LogP contribution >= 0.6 is 7.14 Å². The van der Waals surface area contributed by atoms with Crippen LogP contribution in [-0.4, -0.2) is 85.4 Å². The zero-order chi connectivity index (χ0) is 36.3. The number of rotatable bonds is 13. The monoisotopic (exact) mass is 704 g/mol. The van der Waals surface area contributed by atoms with Crippen molar-refractivity contribution in [2.45, 2.75) is 0 Å². The second-order valence-corrected chi connectivity index (χ2v) is 15.9. The van der Waals surface area contributed by atoms with Gasteiger partial charge in [0.25, 0.3) is 0 Å². The first-order valence-corrected chi connectivity index (χ1v) is 18.9. The Morgan fingerprint density at radius 1 is 1.02 bits per heavy atom. The van der Waals surface area contributed by atoms with Crippen LogP contribution in [0.2, 0.25) is 0 Å². The Labute approximate surface area is 297 Å². The van der Waals surface area contributed by atoms with Crippen molar-refractivity contribution in [1.82, 2.24) is 24.8 Å². The SMILES string of the molecule is C=CC(=O)Nc1cc(Nc2nccc(-c3[nH]c(-c4ccccc4P(C)(C)=O)nc3-c3ccc4ccoc4c3)n2)c(OC)cc1N(C)CCN(C)C. The Morgan fingerprint density at radius 2 is 1.82 bits per heavy atom. The molecule has 3 aromatic heterocycles. The summed E-state index contributed by atoms with van der Waals surface area (Å²) in [6.07, 6.45) is 4.54. The second kappa shape index (κ2) is 14.6. The lowest BCUT2D eigenvalue weighted by Crippen LogP contribution is -2.29. The second-order valence-electron chi connectivity index (χ2n) is 12.7. The lowest BCUT2D eigenvalue weighted by molar-refractivity contribution is -0.111. The van der Waals surface area contributed by atoms with Crippen molar-refractivity contribution in [1.29, 1.82) is 0 Å². The molecule has 0 spiro atoms. The van der Waals surface area contributed by atoms with Crippen molar-refractivity contribution >= 4 is 52.3 Å². The van der Waals surface area contributed by atoms with Crippen molar-refractivity contribution < 1.29 is 18.5 Å². The van der Waals surface area contributed by atoms with E-state index in [0.717, 1.165) is 39.6 Å². The number of carbonyl (C=O) groups excluding carboxylic acids is 1. The predicted octanol–water partition coefficient (Wildman–Crippen LogP) is 7.07. The van der Waals surface area contributed by atoms with Gasteiger partial charge >= 0.3 is 0 Å². The zero-order valence-electron chi connectivity index (χ0n) is 29.5. The molecule has 0 saturated carbocycles. The number of fused-ring (bicyclic) bond motifs is 1. The molecule has 0 unspecified atom stereocenters. The van der Waals surface area contributed by atoms with Crippen molar-refractivity contribution in [3.8, 4) is 39.8 Å². The Bertz CT molecular complexity index is 2270. The molecule has 3 heterocycles. The van der Waals surface area contributed by atoms with Gasteiger partial charge in [-0.2, -0.15) is 0 Å². The lowest BCUT2D eigenvalue weighted by atomic mass is 10.1. The maximum Gasteiger partial charge on any atom is 0.247 e. The average molecular weight is 705 g/mol. The quantitative estimate of drug-likeness (QED) is 0.0845. The number of aromatic amines is 1. The predicted molar refractivity (Wildman–Crippen MR) is 206 cm³/mol. The summed E-state index contributed by atoms with van der Waals surface area (Å²) < 4.78 is 24.8. The topological polar surface area (TPSA) is 142 Å². The standard InChI is InChI=1S/C38H41N8O4P/c1-8-34(47)40-28-22-29(32(49-5)23-30(28)46(4)19-18-45(2)3)42-38-39-17-15-27(41-38)36-35(25-14-13-24-16-20-50-31(24)21-25)43-37(44-36)26-11-9-10-12-33(26)51(6,7)48/h8-17,20-23H,1,18-19H2,2-7H3,(H,40,47)(H,43,44)(H,39,41,42). The van der Waals surface area contributed by atoms with Gasteiger partial charge in [-0.05, 0) is 57.8 Å². The van der Waals surface area contributed by atoms with Gasteiger partial charge in [0.15, 0.2) is 0 Å². The van der Waals surface area contributed by atoms with Gasteiger partial charge in [0.2, 0.25) is 11.9 Å². The van der Waals surface area contributed by atoms with Crippen LogP contribution in [0.4, 0.5) is 23.0 Å². The van der Waals surface area contributed by atoms with Gasteiger partial charge in [-0.3, -0.25) is 4.79 Å².